The highest BCUT2D eigenvalue weighted by Crippen LogP contribution is 2.37. The Labute approximate surface area is 173 Å². The van der Waals surface area contributed by atoms with Crippen molar-refractivity contribution in [2.24, 2.45) is 11.8 Å². The molecule has 158 valence electrons. The fourth-order valence-corrected chi connectivity index (χ4v) is 4.55. The zero-order chi connectivity index (χ0) is 21.0. The van der Waals surface area contributed by atoms with Crippen LogP contribution in [0.15, 0.2) is 42.5 Å². The molecular weight excluding hydrogens is 367 g/mol. The molecule has 3 rings (SSSR count). The maximum Gasteiger partial charge on any atom is 0.127 e. The minimum atomic E-state index is -0.911. The summed E-state index contributed by atoms with van der Waals surface area (Å²) in [4.78, 5) is 0. The Morgan fingerprint density at radius 3 is 2.52 bits per heavy atom. The van der Waals surface area contributed by atoms with Gasteiger partial charge in [-0.25, -0.2) is 4.39 Å². The number of aliphatic hydroxyl groups excluding tert-OH is 2. The number of ether oxygens (including phenoxy) is 1. The zero-order valence-electron chi connectivity index (χ0n) is 17.6. The summed E-state index contributed by atoms with van der Waals surface area (Å²) in [6.45, 7) is 6.26. The molecule has 0 amide bonds. The van der Waals surface area contributed by atoms with Gasteiger partial charge in [0.15, 0.2) is 0 Å². The molecule has 1 fully saturated rings. The fourth-order valence-electron chi connectivity index (χ4n) is 4.55. The second-order valence-corrected chi connectivity index (χ2v) is 8.36. The molecule has 0 aromatic heterocycles. The maximum absolute atomic E-state index is 13.8. The quantitative estimate of drug-likeness (QED) is 0.657. The second kappa shape index (κ2) is 9.73. The number of halogens is 1. The van der Waals surface area contributed by atoms with Crippen molar-refractivity contribution in [1.82, 2.24) is 0 Å². The van der Waals surface area contributed by atoms with E-state index < -0.39 is 18.3 Å². The van der Waals surface area contributed by atoms with Gasteiger partial charge in [0, 0.05) is 0 Å². The Kier molecular flexibility index (Phi) is 7.31. The third-order valence-corrected chi connectivity index (χ3v) is 6.23. The summed E-state index contributed by atoms with van der Waals surface area (Å²) in [5.74, 6) is 0.758. The van der Waals surface area contributed by atoms with E-state index >= 15 is 0 Å². The van der Waals surface area contributed by atoms with Gasteiger partial charge in [-0.05, 0) is 65.6 Å². The topological polar surface area (TPSA) is 49.7 Å². The third-order valence-electron chi connectivity index (χ3n) is 6.23. The normalized spacial score (nSPS) is 27.0. The summed E-state index contributed by atoms with van der Waals surface area (Å²) < 4.78 is 20.0. The van der Waals surface area contributed by atoms with Crippen LogP contribution in [0.3, 0.4) is 0 Å². The van der Waals surface area contributed by atoms with Gasteiger partial charge in [-0.1, -0.05) is 58.2 Å². The van der Waals surface area contributed by atoms with Crippen LogP contribution in [0.2, 0.25) is 0 Å². The van der Waals surface area contributed by atoms with E-state index in [4.69, 9.17) is 4.74 Å². The van der Waals surface area contributed by atoms with Crippen molar-refractivity contribution in [2.45, 2.75) is 71.2 Å². The first kappa shape index (κ1) is 21.8. The number of aliphatic hydroxyl groups is 2. The number of hydrogen-bond acceptors (Lipinski definition) is 3. The smallest absolute Gasteiger partial charge is 0.127 e. The van der Waals surface area contributed by atoms with Crippen LogP contribution in [0.5, 0.6) is 5.75 Å². The molecule has 0 radical (unpaired) electrons. The molecule has 0 spiro atoms. The van der Waals surface area contributed by atoms with Crippen LogP contribution in [0.4, 0.5) is 4.39 Å². The van der Waals surface area contributed by atoms with Gasteiger partial charge in [-0.3, -0.25) is 0 Å². The molecule has 0 heterocycles. The molecule has 0 saturated heterocycles. The fraction of sp³-hybridized carbons (Fsp3) is 0.520. The highest BCUT2D eigenvalue weighted by Gasteiger charge is 2.41. The molecule has 2 N–H and O–H groups in total. The average Bonchev–Trinajstić information content (AvgIpc) is 2.71. The largest absolute Gasteiger partial charge is 0.488 e. The second-order valence-electron chi connectivity index (χ2n) is 8.36. The number of rotatable bonds is 7. The van der Waals surface area contributed by atoms with Crippen LogP contribution in [0.1, 0.15) is 52.0 Å². The number of hydrogen-bond donors (Lipinski definition) is 2. The molecule has 0 unspecified atom stereocenters. The first-order chi connectivity index (χ1) is 13.9. The van der Waals surface area contributed by atoms with E-state index in [-0.39, 0.29) is 11.7 Å². The van der Waals surface area contributed by atoms with Gasteiger partial charge in [0.25, 0.3) is 0 Å². The van der Waals surface area contributed by atoms with Gasteiger partial charge in [0.05, 0.1) is 6.10 Å². The molecule has 2 aromatic rings. The monoisotopic (exact) mass is 400 g/mol. The van der Waals surface area contributed by atoms with E-state index in [1.807, 2.05) is 31.2 Å². The van der Waals surface area contributed by atoms with Gasteiger partial charge in [0.1, 0.15) is 23.8 Å². The Hall–Kier alpha value is -1.91. The number of benzene rings is 2. The predicted octanol–water partition coefficient (Wildman–Crippen LogP) is 5.37. The van der Waals surface area contributed by atoms with Crippen molar-refractivity contribution >= 4 is 0 Å². The Morgan fingerprint density at radius 1 is 1.03 bits per heavy atom. The van der Waals surface area contributed by atoms with Crippen LogP contribution in [0, 0.1) is 17.7 Å². The average molecular weight is 401 g/mol. The molecule has 29 heavy (non-hydrogen) atoms. The third kappa shape index (κ3) is 4.99. The van der Waals surface area contributed by atoms with E-state index in [1.165, 1.54) is 12.1 Å². The molecule has 4 heteroatoms. The van der Waals surface area contributed by atoms with Gasteiger partial charge >= 0.3 is 0 Å². The van der Waals surface area contributed by atoms with Crippen LogP contribution in [-0.2, 0) is 6.42 Å². The summed E-state index contributed by atoms with van der Waals surface area (Å²) in [6.07, 6.45) is 2.52. The minimum Gasteiger partial charge on any atom is -0.488 e. The summed E-state index contributed by atoms with van der Waals surface area (Å²) in [5, 5.41) is 21.1. The lowest BCUT2D eigenvalue weighted by Crippen LogP contribution is -2.51. The summed E-state index contributed by atoms with van der Waals surface area (Å²) in [7, 11) is 0. The lowest BCUT2D eigenvalue weighted by atomic mass is 9.73. The molecule has 0 bridgehead atoms. The Morgan fingerprint density at radius 2 is 1.83 bits per heavy atom. The van der Waals surface area contributed by atoms with E-state index in [2.05, 4.69) is 13.8 Å². The van der Waals surface area contributed by atoms with Gasteiger partial charge < -0.3 is 14.9 Å². The first-order valence-corrected chi connectivity index (χ1v) is 10.9. The van der Waals surface area contributed by atoms with Crippen LogP contribution in [0.25, 0.3) is 11.1 Å². The van der Waals surface area contributed by atoms with Crippen LogP contribution < -0.4 is 4.74 Å². The molecule has 3 nitrogen and oxygen atoms in total. The van der Waals surface area contributed by atoms with Crippen molar-refractivity contribution in [1.29, 1.82) is 0 Å². The molecule has 1 aliphatic rings. The minimum absolute atomic E-state index is 0.0552. The van der Waals surface area contributed by atoms with Crippen molar-refractivity contribution in [2.75, 3.05) is 0 Å². The molecule has 5 atom stereocenters. The molecule has 1 saturated carbocycles. The van der Waals surface area contributed by atoms with Crippen LogP contribution in [-0.4, -0.2) is 28.5 Å². The van der Waals surface area contributed by atoms with Gasteiger partial charge in [-0.15, -0.1) is 0 Å². The van der Waals surface area contributed by atoms with Crippen molar-refractivity contribution in [3.05, 3.63) is 53.8 Å². The molecule has 1 aliphatic carbocycles. The van der Waals surface area contributed by atoms with E-state index in [1.54, 1.807) is 6.07 Å². The zero-order valence-corrected chi connectivity index (χ0v) is 17.6. The van der Waals surface area contributed by atoms with Crippen molar-refractivity contribution < 1.29 is 19.3 Å². The Balaban J connectivity index is 1.88. The van der Waals surface area contributed by atoms with E-state index in [9.17, 15) is 14.6 Å². The van der Waals surface area contributed by atoms with Crippen molar-refractivity contribution in [3.8, 4) is 16.9 Å². The van der Waals surface area contributed by atoms with Crippen LogP contribution >= 0.6 is 0 Å². The van der Waals surface area contributed by atoms with Gasteiger partial charge in [0.2, 0.25) is 0 Å². The lowest BCUT2D eigenvalue weighted by molar-refractivity contribution is -0.118. The summed E-state index contributed by atoms with van der Waals surface area (Å²) in [5.41, 5.74) is 2.92. The predicted molar refractivity (Wildman–Crippen MR) is 114 cm³/mol. The molecular formula is C25H33FO3. The van der Waals surface area contributed by atoms with E-state index in [0.717, 1.165) is 48.8 Å². The highest BCUT2D eigenvalue weighted by molar-refractivity contribution is 5.69. The van der Waals surface area contributed by atoms with Gasteiger partial charge in [-0.2, -0.15) is 0 Å². The molecule has 0 aliphatic heterocycles. The first-order valence-electron chi connectivity index (χ1n) is 10.9. The Bertz CT molecular complexity index is 806. The molecule has 2 aromatic carbocycles. The summed E-state index contributed by atoms with van der Waals surface area (Å²) >= 11 is 0. The summed E-state index contributed by atoms with van der Waals surface area (Å²) in [6, 6.07) is 12.5. The number of aryl methyl sites for hydroxylation is 1. The van der Waals surface area contributed by atoms with Crippen molar-refractivity contribution in [3.63, 3.8) is 0 Å². The van der Waals surface area contributed by atoms with E-state index in [0.29, 0.717) is 11.7 Å². The maximum atomic E-state index is 13.8. The standard InChI is InChI=1S/C25H33FO3/c1-4-7-17-11-12-21(15-22(17)19-9-6-10-20(26)13-19)29-23-14-18(8-5-2)16(3)24(27)25(23)28/h6,9-13,15-16,18,23-25,27-28H,4-5,7-8,14H2,1-3H3/t16-,18+,23+,24+,25-/m0/s1. The lowest BCUT2D eigenvalue weighted by Gasteiger charge is -2.41. The highest BCUT2D eigenvalue weighted by atomic mass is 19.1. The SMILES string of the molecule is CCCc1ccc(O[C@@H]2C[C@@H](CCC)[C@H](C)[C@@H](O)[C@H]2O)cc1-c1cccc(F)c1.